The Morgan fingerprint density at radius 3 is 0.459 bits per heavy atom. The molecule has 1 radical (unpaired) electrons. The van der Waals surface area contributed by atoms with E-state index in [1.165, 1.54) is 193 Å². The van der Waals surface area contributed by atoms with Crippen LogP contribution in [0.15, 0.2) is 0 Å². The third-order valence-electron chi connectivity index (χ3n) is 10.3. The second-order valence-electron chi connectivity index (χ2n) is 16.4. The summed E-state index contributed by atoms with van der Waals surface area (Å²) in [5.41, 5.74) is 0. The Hall–Kier alpha value is 0.956. The van der Waals surface area contributed by atoms with E-state index in [1.807, 2.05) is 0 Å². The van der Waals surface area contributed by atoms with E-state index in [0.717, 1.165) is 38.5 Å². The van der Waals surface area contributed by atoms with Crippen LogP contribution in [0.1, 0.15) is 273 Å². The first kappa shape index (κ1) is 68.5. The normalized spacial score (nSPS) is 11.2. The number of unbranched alkanes of at least 4 members (excludes halogenated alkanes) is 30. The summed E-state index contributed by atoms with van der Waals surface area (Å²) in [6, 6.07) is 0. The molecule has 0 heterocycles. The van der Waals surface area contributed by atoms with Crippen molar-refractivity contribution >= 4 is 24.8 Å². The molecule has 0 saturated carbocycles. The summed E-state index contributed by atoms with van der Waals surface area (Å²) in [5.74, 6) is 0. The van der Waals surface area contributed by atoms with E-state index in [2.05, 4.69) is 41.5 Å². The zero-order chi connectivity index (χ0) is 44.7. The third kappa shape index (κ3) is 70.2. The maximum Gasteiger partial charge on any atom is 0.319 e. The minimum absolute atomic E-state index is 0. The molecule has 0 aromatic rings. The molecule has 0 fully saturated rings. The Bertz CT molecular complexity index is 682. The number of hydrogen-bond acceptors (Lipinski definition) is 9. The average molecular weight is 978 g/mol. The Labute approximate surface area is 393 Å². The molecular formula is C48H105CoO9P3. The van der Waals surface area contributed by atoms with Crippen LogP contribution < -0.4 is 0 Å². The van der Waals surface area contributed by atoms with Crippen LogP contribution >= 0.6 is 24.8 Å². The van der Waals surface area contributed by atoms with Crippen LogP contribution in [0.5, 0.6) is 0 Å². The summed E-state index contributed by atoms with van der Waals surface area (Å²) in [4.78, 5) is 0. The van der Waals surface area contributed by atoms with Crippen LogP contribution in [0, 0.1) is 0 Å². The Morgan fingerprint density at radius 1 is 0.213 bits per heavy atom. The third-order valence-corrected chi connectivity index (χ3v) is 12.9. The summed E-state index contributed by atoms with van der Waals surface area (Å²) >= 11 is 0. The zero-order valence-corrected chi connectivity index (χ0v) is 45.2. The standard InChI is InChI=1S/3C16H35O3P.Co/c3*1-3-5-7-9-11-13-15-18-20(17)19-16-14-12-10-8-6-4-2;/h3*20H,3-16H2,1-2H3;. The van der Waals surface area contributed by atoms with Crippen molar-refractivity contribution in [2.24, 2.45) is 0 Å². The molecule has 0 spiro atoms. The van der Waals surface area contributed by atoms with Gasteiger partial charge < -0.3 is 27.1 Å². The largest absolute Gasteiger partial charge is 0.319 e. The Balaban J connectivity index is -0.000000396. The quantitative estimate of drug-likeness (QED) is 0.0435. The van der Waals surface area contributed by atoms with Crippen molar-refractivity contribution in [2.75, 3.05) is 39.6 Å². The topological polar surface area (TPSA) is 107 Å². The molecule has 0 aliphatic heterocycles. The average Bonchev–Trinajstić information content (AvgIpc) is 3.25. The number of rotatable bonds is 48. The van der Waals surface area contributed by atoms with E-state index in [1.54, 1.807) is 0 Å². The van der Waals surface area contributed by atoms with Gasteiger partial charge in [-0.25, -0.2) is 0 Å². The minimum Gasteiger partial charge on any atom is -0.311 e. The molecule has 13 heteroatoms. The van der Waals surface area contributed by atoms with Gasteiger partial charge in [-0.15, -0.1) is 0 Å². The van der Waals surface area contributed by atoms with Crippen LogP contribution in [0.4, 0.5) is 0 Å². The molecule has 0 unspecified atom stereocenters. The first-order valence-electron chi connectivity index (χ1n) is 25.8. The SMILES string of the molecule is CCCCCCCCO[PH](=O)OCCCCCCCC.CCCCCCCCO[PH](=O)OCCCCCCCC.CCCCCCCCO[PH](=O)OCCCCCCCC.[Co]. The van der Waals surface area contributed by atoms with E-state index in [0.29, 0.717) is 39.6 Å². The molecule has 61 heavy (non-hydrogen) atoms. The van der Waals surface area contributed by atoms with Crippen molar-refractivity contribution in [1.29, 1.82) is 0 Å². The smallest absolute Gasteiger partial charge is 0.311 e. The molecule has 9 nitrogen and oxygen atoms in total. The van der Waals surface area contributed by atoms with Gasteiger partial charge in [-0.3, -0.25) is 13.7 Å². The van der Waals surface area contributed by atoms with Crippen LogP contribution in [0.25, 0.3) is 0 Å². The second kappa shape index (κ2) is 65.2. The van der Waals surface area contributed by atoms with E-state index in [4.69, 9.17) is 27.1 Å². The molecule has 0 aromatic carbocycles. The molecule has 0 rings (SSSR count). The van der Waals surface area contributed by atoms with E-state index < -0.39 is 24.8 Å². The van der Waals surface area contributed by atoms with Crippen LogP contribution in [-0.4, -0.2) is 39.6 Å². The van der Waals surface area contributed by atoms with E-state index in [9.17, 15) is 13.7 Å². The summed E-state index contributed by atoms with van der Waals surface area (Å²) in [7, 11) is -6.70. The van der Waals surface area contributed by atoms with Gasteiger partial charge in [0.1, 0.15) is 0 Å². The predicted octanol–water partition coefficient (Wildman–Crippen LogP) is 18.4. The first-order chi connectivity index (χ1) is 29.4. The summed E-state index contributed by atoms with van der Waals surface area (Å²) in [6.07, 6.45) is 44.0. The molecule has 0 bridgehead atoms. The molecule has 0 amide bonds. The molecule has 0 aliphatic rings. The van der Waals surface area contributed by atoms with Crippen molar-refractivity contribution in [3.8, 4) is 0 Å². The van der Waals surface area contributed by atoms with Crippen molar-refractivity contribution < 1.29 is 57.6 Å². The Kier molecular flexibility index (Phi) is 73.3. The van der Waals surface area contributed by atoms with Crippen molar-refractivity contribution in [3.05, 3.63) is 0 Å². The van der Waals surface area contributed by atoms with Gasteiger partial charge in [0, 0.05) is 16.8 Å². The van der Waals surface area contributed by atoms with Gasteiger partial charge in [0.2, 0.25) is 0 Å². The van der Waals surface area contributed by atoms with Gasteiger partial charge >= 0.3 is 24.8 Å². The van der Waals surface area contributed by atoms with Crippen LogP contribution in [-0.2, 0) is 57.6 Å². The monoisotopic (exact) mass is 978 g/mol. The fourth-order valence-corrected chi connectivity index (χ4v) is 8.47. The maximum atomic E-state index is 11.5. The van der Waals surface area contributed by atoms with Gasteiger partial charge in [-0.05, 0) is 38.5 Å². The molecule has 0 aromatic heterocycles. The molecule has 0 saturated heterocycles. The van der Waals surface area contributed by atoms with Gasteiger partial charge in [-0.1, -0.05) is 234 Å². The van der Waals surface area contributed by atoms with Gasteiger partial charge in [0.05, 0.1) is 39.6 Å². The zero-order valence-electron chi connectivity index (χ0n) is 41.2. The van der Waals surface area contributed by atoms with Crippen molar-refractivity contribution in [2.45, 2.75) is 273 Å². The fourth-order valence-electron chi connectivity index (χ4n) is 6.35. The van der Waals surface area contributed by atoms with Gasteiger partial charge in [0.15, 0.2) is 0 Å². The maximum absolute atomic E-state index is 11.5. The molecule has 0 N–H and O–H groups in total. The summed E-state index contributed by atoms with van der Waals surface area (Å²) < 4.78 is 65.7. The summed E-state index contributed by atoms with van der Waals surface area (Å²) in [6.45, 7) is 16.8. The second-order valence-corrected chi connectivity index (χ2v) is 19.7. The predicted molar refractivity (Wildman–Crippen MR) is 263 cm³/mol. The Morgan fingerprint density at radius 2 is 0.328 bits per heavy atom. The fraction of sp³-hybridized carbons (Fsp3) is 1.00. The van der Waals surface area contributed by atoms with Gasteiger partial charge in [-0.2, -0.15) is 0 Å². The minimum atomic E-state index is -2.23. The van der Waals surface area contributed by atoms with Crippen LogP contribution in [0.2, 0.25) is 0 Å². The van der Waals surface area contributed by atoms with Gasteiger partial charge in [0.25, 0.3) is 0 Å². The van der Waals surface area contributed by atoms with Crippen molar-refractivity contribution in [3.63, 3.8) is 0 Å². The molecular weight excluding hydrogens is 872 g/mol. The van der Waals surface area contributed by atoms with E-state index in [-0.39, 0.29) is 16.8 Å². The number of hydrogen-bond donors (Lipinski definition) is 0. The van der Waals surface area contributed by atoms with Crippen LogP contribution in [0.3, 0.4) is 0 Å². The molecule has 0 atom stereocenters. The molecule has 0 aliphatic carbocycles. The first-order valence-corrected chi connectivity index (χ1v) is 29.5. The summed E-state index contributed by atoms with van der Waals surface area (Å²) in [5, 5.41) is 0. The molecule has 375 valence electrons. The van der Waals surface area contributed by atoms with Crippen molar-refractivity contribution in [1.82, 2.24) is 0 Å². The van der Waals surface area contributed by atoms with E-state index >= 15 is 0 Å².